The van der Waals surface area contributed by atoms with E-state index in [1.165, 1.54) is 13.2 Å². The summed E-state index contributed by atoms with van der Waals surface area (Å²) in [5.41, 5.74) is 0.995. The van der Waals surface area contributed by atoms with Crippen LogP contribution in [0.3, 0.4) is 0 Å². The highest BCUT2D eigenvalue weighted by Crippen LogP contribution is 2.28. The second-order valence-electron chi connectivity index (χ2n) is 3.58. The first-order valence-corrected chi connectivity index (χ1v) is 5.30. The molecule has 1 saturated heterocycles. The highest BCUT2D eigenvalue weighted by molar-refractivity contribution is 5.83. The van der Waals surface area contributed by atoms with Gasteiger partial charge in [-0.1, -0.05) is 25.5 Å². The zero-order valence-corrected chi connectivity index (χ0v) is 9.53. The SMILES string of the molecule is CCC/C=C\[C@H]1O[C@H](C)/C1=C/C(=O)OC. The molecule has 1 fully saturated rings. The maximum atomic E-state index is 11.1. The van der Waals surface area contributed by atoms with E-state index in [9.17, 15) is 4.79 Å². The lowest BCUT2D eigenvalue weighted by molar-refractivity contribution is -0.135. The Labute approximate surface area is 90.8 Å². The summed E-state index contributed by atoms with van der Waals surface area (Å²) in [6.45, 7) is 4.05. The van der Waals surface area contributed by atoms with Gasteiger partial charge in [0.15, 0.2) is 0 Å². The summed E-state index contributed by atoms with van der Waals surface area (Å²) in [7, 11) is 1.38. The minimum atomic E-state index is -0.311. The molecule has 0 aliphatic carbocycles. The predicted octanol–water partition coefficient (Wildman–Crippen LogP) is 2.23. The fourth-order valence-corrected chi connectivity index (χ4v) is 1.47. The summed E-state index contributed by atoms with van der Waals surface area (Å²) in [5, 5.41) is 0. The Bertz CT molecular complexity index is 279. The zero-order chi connectivity index (χ0) is 11.3. The number of methoxy groups -OCH3 is 1. The maximum absolute atomic E-state index is 11.1. The minimum Gasteiger partial charge on any atom is -0.466 e. The van der Waals surface area contributed by atoms with Gasteiger partial charge in [0.05, 0.1) is 13.2 Å². The van der Waals surface area contributed by atoms with Crippen LogP contribution in [0, 0.1) is 0 Å². The molecule has 0 spiro atoms. The first kappa shape index (κ1) is 12.0. The molecule has 1 aliphatic heterocycles. The number of carbonyl (C=O) groups is 1. The molecule has 0 unspecified atom stereocenters. The van der Waals surface area contributed by atoms with E-state index in [4.69, 9.17) is 4.74 Å². The first-order valence-electron chi connectivity index (χ1n) is 5.30. The molecule has 0 aromatic rings. The van der Waals surface area contributed by atoms with Crippen molar-refractivity contribution in [1.29, 1.82) is 0 Å². The lowest BCUT2D eigenvalue weighted by atomic mass is 9.97. The second kappa shape index (κ2) is 5.71. The van der Waals surface area contributed by atoms with E-state index in [1.54, 1.807) is 0 Å². The average Bonchev–Trinajstić information content (AvgIpc) is 2.24. The summed E-state index contributed by atoms with van der Waals surface area (Å²) in [6.07, 6.45) is 7.76. The van der Waals surface area contributed by atoms with Gasteiger partial charge < -0.3 is 9.47 Å². The highest BCUT2D eigenvalue weighted by atomic mass is 16.5. The lowest BCUT2D eigenvalue weighted by Crippen LogP contribution is -2.38. The van der Waals surface area contributed by atoms with Crippen molar-refractivity contribution in [2.45, 2.75) is 38.9 Å². The Morgan fingerprint density at radius 3 is 2.87 bits per heavy atom. The Morgan fingerprint density at radius 1 is 1.60 bits per heavy atom. The number of esters is 1. The van der Waals surface area contributed by atoms with Crippen LogP contribution in [0.4, 0.5) is 0 Å². The van der Waals surface area contributed by atoms with Crippen molar-refractivity contribution in [1.82, 2.24) is 0 Å². The summed E-state index contributed by atoms with van der Waals surface area (Å²) >= 11 is 0. The van der Waals surface area contributed by atoms with E-state index in [2.05, 4.69) is 17.7 Å². The van der Waals surface area contributed by atoms with E-state index in [-0.39, 0.29) is 18.2 Å². The van der Waals surface area contributed by atoms with Crippen molar-refractivity contribution in [2.24, 2.45) is 0 Å². The van der Waals surface area contributed by atoms with Gasteiger partial charge in [-0.25, -0.2) is 4.79 Å². The number of unbranched alkanes of at least 4 members (excludes halogenated alkanes) is 1. The molecular formula is C12H18O3. The smallest absolute Gasteiger partial charge is 0.330 e. The minimum absolute atomic E-state index is 0.0281. The van der Waals surface area contributed by atoms with Gasteiger partial charge in [0, 0.05) is 6.08 Å². The summed E-state index contributed by atoms with van der Waals surface area (Å²) < 4.78 is 10.1. The third-order valence-corrected chi connectivity index (χ3v) is 2.40. The molecule has 0 amide bonds. The van der Waals surface area contributed by atoms with Gasteiger partial charge in [0.1, 0.15) is 6.10 Å². The van der Waals surface area contributed by atoms with Crippen LogP contribution in [0.2, 0.25) is 0 Å². The van der Waals surface area contributed by atoms with Crippen LogP contribution in [0.15, 0.2) is 23.8 Å². The standard InChI is InChI=1S/C12H18O3/c1-4-5-6-7-11-10(9(2)15-11)8-12(13)14-3/h6-9,11H,4-5H2,1-3H3/b7-6-,10-8-/t9-,11-/m1/s1. The average molecular weight is 210 g/mol. The van der Waals surface area contributed by atoms with Crippen molar-refractivity contribution in [3.8, 4) is 0 Å². The van der Waals surface area contributed by atoms with Gasteiger partial charge in [-0.3, -0.25) is 0 Å². The number of rotatable bonds is 4. The van der Waals surface area contributed by atoms with Crippen LogP contribution in [-0.2, 0) is 14.3 Å². The third kappa shape index (κ3) is 3.20. The van der Waals surface area contributed by atoms with Gasteiger partial charge in [-0.2, -0.15) is 0 Å². The van der Waals surface area contributed by atoms with Crippen LogP contribution in [0.25, 0.3) is 0 Å². The second-order valence-corrected chi connectivity index (χ2v) is 3.58. The first-order chi connectivity index (χ1) is 7.19. The molecule has 0 aromatic carbocycles. The number of ether oxygens (including phenoxy) is 2. The quantitative estimate of drug-likeness (QED) is 0.405. The van der Waals surface area contributed by atoms with Crippen LogP contribution in [0.5, 0.6) is 0 Å². The molecule has 0 N–H and O–H groups in total. The van der Waals surface area contributed by atoms with Gasteiger partial charge in [-0.05, 0) is 18.9 Å². The number of allylic oxidation sites excluding steroid dienone is 1. The Balaban J connectivity index is 2.54. The van der Waals surface area contributed by atoms with Crippen molar-refractivity contribution in [3.63, 3.8) is 0 Å². The lowest BCUT2D eigenvalue weighted by Gasteiger charge is -2.35. The van der Waals surface area contributed by atoms with Gasteiger partial charge in [-0.15, -0.1) is 0 Å². The topological polar surface area (TPSA) is 35.5 Å². The van der Waals surface area contributed by atoms with Crippen molar-refractivity contribution in [2.75, 3.05) is 7.11 Å². The Morgan fingerprint density at radius 2 is 2.33 bits per heavy atom. The molecule has 84 valence electrons. The molecular weight excluding hydrogens is 192 g/mol. The van der Waals surface area contributed by atoms with E-state index in [0.717, 1.165) is 18.4 Å². The fraction of sp³-hybridized carbons (Fsp3) is 0.583. The predicted molar refractivity (Wildman–Crippen MR) is 58.5 cm³/mol. The van der Waals surface area contributed by atoms with Crippen molar-refractivity contribution >= 4 is 5.97 Å². The van der Waals surface area contributed by atoms with E-state index in [1.807, 2.05) is 13.0 Å². The molecule has 0 aromatic heterocycles. The summed E-state index contributed by atoms with van der Waals surface area (Å²) in [5.74, 6) is -0.311. The van der Waals surface area contributed by atoms with E-state index < -0.39 is 0 Å². The molecule has 0 saturated carbocycles. The fourth-order valence-electron chi connectivity index (χ4n) is 1.47. The van der Waals surface area contributed by atoms with Crippen LogP contribution >= 0.6 is 0 Å². The Kier molecular flexibility index (Phi) is 4.56. The van der Waals surface area contributed by atoms with Crippen LogP contribution in [0.1, 0.15) is 26.7 Å². The van der Waals surface area contributed by atoms with Crippen molar-refractivity contribution < 1.29 is 14.3 Å². The van der Waals surface area contributed by atoms with E-state index >= 15 is 0 Å². The number of hydrogen-bond donors (Lipinski definition) is 0. The maximum Gasteiger partial charge on any atom is 0.330 e. The normalized spacial score (nSPS) is 28.1. The Hall–Kier alpha value is -1.09. The van der Waals surface area contributed by atoms with Crippen molar-refractivity contribution in [3.05, 3.63) is 23.8 Å². The molecule has 3 heteroatoms. The third-order valence-electron chi connectivity index (χ3n) is 2.40. The molecule has 2 atom stereocenters. The zero-order valence-electron chi connectivity index (χ0n) is 9.53. The van der Waals surface area contributed by atoms with E-state index in [0.29, 0.717) is 0 Å². The molecule has 1 rings (SSSR count). The molecule has 1 heterocycles. The van der Waals surface area contributed by atoms with Gasteiger partial charge >= 0.3 is 5.97 Å². The number of hydrogen-bond acceptors (Lipinski definition) is 3. The largest absolute Gasteiger partial charge is 0.466 e. The summed E-state index contributed by atoms with van der Waals surface area (Å²) in [6, 6.07) is 0. The highest BCUT2D eigenvalue weighted by Gasteiger charge is 2.31. The number of carbonyl (C=O) groups excluding carboxylic acids is 1. The van der Waals surface area contributed by atoms with Gasteiger partial charge in [0.2, 0.25) is 0 Å². The molecule has 3 nitrogen and oxygen atoms in total. The molecule has 1 aliphatic rings. The monoisotopic (exact) mass is 210 g/mol. The molecule has 0 bridgehead atoms. The van der Waals surface area contributed by atoms with Gasteiger partial charge in [0.25, 0.3) is 0 Å². The molecule has 15 heavy (non-hydrogen) atoms. The molecule has 0 radical (unpaired) electrons. The van der Waals surface area contributed by atoms with Crippen LogP contribution in [-0.4, -0.2) is 25.3 Å². The summed E-state index contributed by atoms with van der Waals surface area (Å²) in [4.78, 5) is 11.1. The van der Waals surface area contributed by atoms with Crippen LogP contribution < -0.4 is 0 Å².